The topological polar surface area (TPSA) is 67.9 Å². The lowest BCUT2D eigenvalue weighted by molar-refractivity contribution is -0.119. The number of nitrogens with one attached hydrogen (secondary N) is 1. The highest BCUT2D eigenvalue weighted by atomic mass is 16.5. The zero-order chi connectivity index (χ0) is 20.4. The van der Waals surface area contributed by atoms with Gasteiger partial charge in [-0.3, -0.25) is 9.59 Å². The second kappa shape index (κ2) is 8.15. The number of methoxy groups -OCH3 is 2. The average Bonchev–Trinajstić information content (AvgIpc) is 3.51. The lowest BCUT2D eigenvalue weighted by atomic mass is 10.1. The molecule has 1 fully saturated rings. The number of carbonyl (C=O) groups excluding carboxylic acids is 2. The van der Waals surface area contributed by atoms with E-state index in [1.54, 1.807) is 14.2 Å². The van der Waals surface area contributed by atoms with Gasteiger partial charge in [-0.1, -0.05) is 6.07 Å². The van der Waals surface area contributed by atoms with Gasteiger partial charge in [-0.15, -0.1) is 0 Å². The summed E-state index contributed by atoms with van der Waals surface area (Å²) in [6.45, 7) is 0.737. The first-order valence-electron chi connectivity index (χ1n) is 10.0. The molecule has 2 aliphatic rings. The van der Waals surface area contributed by atoms with Crippen molar-refractivity contribution in [1.29, 1.82) is 0 Å². The molecule has 1 N–H and O–H groups in total. The zero-order valence-electron chi connectivity index (χ0n) is 16.9. The van der Waals surface area contributed by atoms with Crippen molar-refractivity contribution in [2.75, 3.05) is 31.0 Å². The molecule has 0 atom stereocenters. The normalized spacial score (nSPS) is 15.0. The molecular weight excluding hydrogens is 368 g/mol. The van der Waals surface area contributed by atoms with Gasteiger partial charge in [-0.05, 0) is 67.1 Å². The Kier molecular flexibility index (Phi) is 5.43. The number of benzene rings is 2. The van der Waals surface area contributed by atoms with E-state index in [0.29, 0.717) is 24.3 Å². The van der Waals surface area contributed by atoms with Crippen LogP contribution in [-0.4, -0.2) is 32.6 Å². The van der Waals surface area contributed by atoms with E-state index in [-0.39, 0.29) is 17.7 Å². The third-order valence-corrected chi connectivity index (χ3v) is 5.54. The third-order valence-electron chi connectivity index (χ3n) is 5.54. The molecule has 2 aromatic rings. The molecular formula is C23H26N2O4. The smallest absolute Gasteiger partial charge is 0.230 e. The van der Waals surface area contributed by atoms with E-state index in [2.05, 4.69) is 5.32 Å². The van der Waals surface area contributed by atoms with E-state index in [1.165, 1.54) is 0 Å². The molecule has 2 amide bonds. The van der Waals surface area contributed by atoms with Gasteiger partial charge < -0.3 is 19.7 Å². The SMILES string of the molecule is COc1ccc(CCC(=O)Nc2ccc3c(c2)CCN3C(=O)C2CC2)cc1OC. The van der Waals surface area contributed by atoms with E-state index in [0.717, 1.165) is 48.3 Å². The number of aryl methyl sites for hydroxylation is 1. The standard InChI is InChI=1S/C23H26N2O4/c1-28-20-9-3-15(13-21(20)29-2)4-10-22(26)24-18-7-8-19-17(14-18)11-12-25(19)23(27)16-5-6-16/h3,7-9,13-14,16H,4-6,10-12H2,1-2H3,(H,24,26). The Hall–Kier alpha value is -3.02. The van der Waals surface area contributed by atoms with Gasteiger partial charge in [0.05, 0.1) is 14.2 Å². The van der Waals surface area contributed by atoms with Crippen molar-refractivity contribution >= 4 is 23.2 Å². The summed E-state index contributed by atoms with van der Waals surface area (Å²) in [5, 5.41) is 2.97. The molecule has 0 bridgehead atoms. The van der Waals surface area contributed by atoms with Crippen molar-refractivity contribution in [1.82, 2.24) is 0 Å². The van der Waals surface area contributed by atoms with Crippen molar-refractivity contribution in [2.45, 2.75) is 32.1 Å². The second-order valence-corrected chi connectivity index (χ2v) is 7.60. The Balaban J connectivity index is 1.35. The summed E-state index contributed by atoms with van der Waals surface area (Å²) in [4.78, 5) is 26.7. The number of carbonyl (C=O) groups is 2. The van der Waals surface area contributed by atoms with Crippen molar-refractivity contribution in [3.63, 3.8) is 0 Å². The summed E-state index contributed by atoms with van der Waals surface area (Å²) in [5.41, 5.74) is 3.91. The van der Waals surface area contributed by atoms with E-state index in [1.807, 2.05) is 41.3 Å². The molecule has 0 aromatic heterocycles. The van der Waals surface area contributed by atoms with Crippen LogP contribution in [0.1, 0.15) is 30.4 Å². The van der Waals surface area contributed by atoms with Gasteiger partial charge in [-0.25, -0.2) is 0 Å². The molecule has 1 aliphatic heterocycles. The fourth-order valence-corrected chi connectivity index (χ4v) is 3.78. The number of hydrogen-bond donors (Lipinski definition) is 1. The highest BCUT2D eigenvalue weighted by Gasteiger charge is 2.36. The first-order chi connectivity index (χ1) is 14.1. The first kappa shape index (κ1) is 19.3. The fraction of sp³-hybridized carbons (Fsp3) is 0.391. The molecule has 4 rings (SSSR count). The van der Waals surface area contributed by atoms with E-state index in [9.17, 15) is 9.59 Å². The Morgan fingerprint density at radius 2 is 1.86 bits per heavy atom. The summed E-state index contributed by atoms with van der Waals surface area (Å²) in [6.07, 6.45) is 3.85. The van der Waals surface area contributed by atoms with Crippen molar-refractivity contribution in [2.24, 2.45) is 5.92 Å². The number of rotatable bonds is 7. The molecule has 0 saturated heterocycles. The van der Waals surface area contributed by atoms with Crippen LogP contribution < -0.4 is 19.7 Å². The summed E-state index contributed by atoms with van der Waals surface area (Å²) < 4.78 is 10.6. The molecule has 152 valence electrons. The van der Waals surface area contributed by atoms with Crippen LogP contribution in [-0.2, 0) is 22.4 Å². The van der Waals surface area contributed by atoms with Crippen LogP contribution in [0.15, 0.2) is 36.4 Å². The molecule has 0 unspecified atom stereocenters. The van der Waals surface area contributed by atoms with Crippen molar-refractivity contribution in [3.05, 3.63) is 47.5 Å². The summed E-state index contributed by atoms with van der Waals surface area (Å²) >= 11 is 0. The maximum atomic E-state index is 12.4. The molecule has 6 heteroatoms. The van der Waals surface area contributed by atoms with Gasteiger partial charge in [0.15, 0.2) is 11.5 Å². The Morgan fingerprint density at radius 1 is 1.07 bits per heavy atom. The highest BCUT2D eigenvalue weighted by Crippen LogP contribution is 2.37. The molecule has 0 radical (unpaired) electrons. The van der Waals surface area contributed by atoms with Gasteiger partial charge in [0.25, 0.3) is 0 Å². The number of amides is 2. The Morgan fingerprint density at radius 3 is 2.59 bits per heavy atom. The van der Waals surface area contributed by atoms with Crippen LogP contribution in [0.4, 0.5) is 11.4 Å². The third kappa shape index (κ3) is 4.21. The quantitative estimate of drug-likeness (QED) is 0.780. The van der Waals surface area contributed by atoms with E-state index < -0.39 is 0 Å². The minimum Gasteiger partial charge on any atom is -0.493 e. The number of nitrogens with zero attached hydrogens (tertiary/aromatic N) is 1. The molecule has 1 aliphatic carbocycles. The number of anilines is 2. The van der Waals surface area contributed by atoms with Crippen molar-refractivity contribution in [3.8, 4) is 11.5 Å². The maximum absolute atomic E-state index is 12.4. The molecule has 29 heavy (non-hydrogen) atoms. The molecule has 1 heterocycles. The molecule has 0 spiro atoms. The van der Waals surface area contributed by atoms with Crippen molar-refractivity contribution < 1.29 is 19.1 Å². The second-order valence-electron chi connectivity index (χ2n) is 7.60. The molecule has 1 saturated carbocycles. The van der Waals surface area contributed by atoms with Crippen LogP contribution in [0.5, 0.6) is 11.5 Å². The lowest BCUT2D eigenvalue weighted by Gasteiger charge is -2.17. The van der Waals surface area contributed by atoms with E-state index >= 15 is 0 Å². The Labute approximate surface area is 170 Å². The van der Waals surface area contributed by atoms with Gasteiger partial charge in [0.2, 0.25) is 11.8 Å². The number of fused-ring (bicyclic) bond motifs is 1. The fourth-order valence-electron chi connectivity index (χ4n) is 3.78. The van der Waals surface area contributed by atoms with Crippen LogP contribution >= 0.6 is 0 Å². The van der Waals surface area contributed by atoms with Gasteiger partial charge in [-0.2, -0.15) is 0 Å². The minimum atomic E-state index is -0.0383. The van der Waals surface area contributed by atoms with E-state index in [4.69, 9.17) is 9.47 Å². The zero-order valence-corrected chi connectivity index (χ0v) is 16.9. The number of hydrogen-bond acceptors (Lipinski definition) is 4. The largest absolute Gasteiger partial charge is 0.493 e. The lowest BCUT2D eigenvalue weighted by Crippen LogP contribution is -2.30. The summed E-state index contributed by atoms with van der Waals surface area (Å²) in [5.74, 6) is 1.76. The van der Waals surface area contributed by atoms with Crippen LogP contribution in [0.2, 0.25) is 0 Å². The number of ether oxygens (including phenoxy) is 2. The van der Waals surface area contributed by atoms with Crippen LogP contribution in [0.3, 0.4) is 0 Å². The average molecular weight is 394 g/mol. The summed E-state index contributed by atoms with van der Waals surface area (Å²) in [7, 11) is 3.20. The van der Waals surface area contributed by atoms with Gasteiger partial charge in [0.1, 0.15) is 0 Å². The monoisotopic (exact) mass is 394 g/mol. The van der Waals surface area contributed by atoms with Gasteiger partial charge >= 0.3 is 0 Å². The Bertz CT molecular complexity index is 936. The first-order valence-corrected chi connectivity index (χ1v) is 10.0. The predicted octanol–water partition coefficient (Wildman–Crippen LogP) is 3.57. The highest BCUT2D eigenvalue weighted by molar-refractivity contribution is 5.99. The minimum absolute atomic E-state index is 0.0383. The maximum Gasteiger partial charge on any atom is 0.230 e. The van der Waals surface area contributed by atoms with Crippen LogP contribution in [0, 0.1) is 5.92 Å². The van der Waals surface area contributed by atoms with Crippen LogP contribution in [0.25, 0.3) is 0 Å². The van der Waals surface area contributed by atoms with Gasteiger partial charge in [0, 0.05) is 30.3 Å². The molecule has 2 aromatic carbocycles. The predicted molar refractivity (Wildman–Crippen MR) is 112 cm³/mol. The summed E-state index contributed by atoms with van der Waals surface area (Å²) in [6, 6.07) is 11.5. The molecule has 6 nitrogen and oxygen atoms in total.